The lowest BCUT2D eigenvalue weighted by Crippen LogP contribution is -2.42. The van der Waals surface area contributed by atoms with Gasteiger partial charge in [0.1, 0.15) is 5.75 Å². The van der Waals surface area contributed by atoms with Crippen LogP contribution in [0.15, 0.2) is 18.2 Å². The average molecular weight is 304 g/mol. The molecule has 21 heavy (non-hydrogen) atoms. The predicted molar refractivity (Wildman–Crippen MR) is 68.8 cm³/mol. The van der Waals surface area contributed by atoms with Gasteiger partial charge in [-0.1, -0.05) is 0 Å². The first kappa shape index (κ1) is 15.4. The van der Waals surface area contributed by atoms with Crippen LogP contribution >= 0.6 is 0 Å². The number of amides is 1. The Balaban J connectivity index is 1.94. The summed E-state index contributed by atoms with van der Waals surface area (Å²) in [5.41, 5.74) is 3.99. The molecule has 1 aliphatic heterocycles. The fourth-order valence-electron chi connectivity index (χ4n) is 1.94. The van der Waals surface area contributed by atoms with E-state index in [2.05, 4.69) is 0 Å². The summed E-state index contributed by atoms with van der Waals surface area (Å²) in [7, 11) is 0. The molecule has 2 rings (SSSR count). The number of rotatable bonds is 3. The smallest absolute Gasteiger partial charge is 0.418 e. The van der Waals surface area contributed by atoms with E-state index in [9.17, 15) is 18.0 Å². The van der Waals surface area contributed by atoms with Crippen LogP contribution < -0.4 is 10.5 Å². The van der Waals surface area contributed by atoms with E-state index in [1.165, 1.54) is 0 Å². The topological polar surface area (TPSA) is 64.8 Å². The zero-order chi connectivity index (χ0) is 15.5. The highest BCUT2D eigenvalue weighted by Gasteiger charge is 2.32. The molecule has 1 fully saturated rings. The van der Waals surface area contributed by atoms with E-state index in [4.69, 9.17) is 15.2 Å². The molecule has 2 N–H and O–H groups in total. The van der Waals surface area contributed by atoms with Crippen LogP contribution in [0.3, 0.4) is 0 Å². The highest BCUT2D eigenvalue weighted by atomic mass is 19.4. The summed E-state index contributed by atoms with van der Waals surface area (Å²) in [6.07, 6.45) is -4.51. The van der Waals surface area contributed by atoms with Gasteiger partial charge < -0.3 is 20.1 Å². The second-order valence-corrected chi connectivity index (χ2v) is 4.53. The molecule has 0 aromatic heterocycles. The van der Waals surface area contributed by atoms with Gasteiger partial charge in [-0.25, -0.2) is 0 Å². The van der Waals surface area contributed by atoms with Crippen LogP contribution in [-0.4, -0.2) is 43.7 Å². The number of nitrogens with zero attached hydrogens (tertiary/aromatic N) is 1. The van der Waals surface area contributed by atoms with E-state index in [0.717, 1.165) is 18.2 Å². The van der Waals surface area contributed by atoms with Crippen molar-refractivity contribution in [3.05, 3.63) is 23.8 Å². The Hall–Kier alpha value is -1.96. The largest absolute Gasteiger partial charge is 0.484 e. The van der Waals surface area contributed by atoms with Gasteiger partial charge in [-0.2, -0.15) is 13.2 Å². The summed E-state index contributed by atoms with van der Waals surface area (Å²) >= 11 is 0. The fourth-order valence-corrected chi connectivity index (χ4v) is 1.94. The van der Waals surface area contributed by atoms with Gasteiger partial charge in [-0.3, -0.25) is 4.79 Å². The second kappa shape index (κ2) is 6.21. The van der Waals surface area contributed by atoms with Crippen molar-refractivity contribution in [2.45, 2.75) is 6.18 Å². The van der Waals surface area contributed by atoms with E-state index in [-0.39, 0.29) is 18.3 Å². The Morgan fingerprint density at radius 1 is 1.33 bits per heavy atom. The maximum Gasteiger partial charge on any atom is 0.418 e. The Kier molecular flexibility index (Phi) is 4.56. The van der Waals surface area contributed by atoms with E-state index >= 15 is 0 Å². The third-order valence-electron chi connectivity index (χ3n) is 3.05. The number of nitrogen functional groups attached to an aromatic ring is 1. The van der Waals surface area contributed by atoms with Crippen molar-refractivity contribution in [3.63, 3.8) is 0 Å². The van der Waals surface area contributed by atoms with Crippen LogP contribution in [0.2, 0.25) is 0 Å². The quantitative estimate of drug-likeness (QED) is 0.860. The van der Waals surface area contributed by atoms with E-state index in [0.29, 0.717) is 26.3 Å². The molecule has 116 valence electrons. The zero-order valence-corrected chi connectivity index (χ0v) is 11.2. The van der Waals surface area contributed by atoms with Crippen molar-refractivity contribution < 1.29 is 27.4 Å². The van der Waals surface area contributed by atoms with E-state index in [1.807, 2.05) is 0 Å². The van der Waals surface area contributed by atoms with Crippen molar-refractivity contribution in [1.29, 1.82) is 0 Å². The third-order valence-corrected chi connectivity index (χ3v) is 3.05. The van der Waals surface area contributed by atoms with Gasteiger partial charge in [0.15, 0.2) is 6.61 Å². The number of nitrogens with two attached hydrogens (primary N) is 1. The van der Waals surface area contributed by atoms with Crippen molar-refractivity contribution >= 4 is 11.6 Å². The number of morpholine rings is 1. The molecular formula is C13H15F3N2O3. The Morgan fingerprint density at radius 2 is 2.00 bits per heavy atom. The molecule has 0 spiro atoms. The summed E-state index contributed by atoms with van der Waals surface area (Å²) in [6, 6.07) is 3.05. The monoisotopic (exact) mass is 304 g/mol. The van der Waals surface area contributed by atoms with Crippen molar-refractivity contribution in [2.24, 2.45) is 0 Å². The lowest BCUT2D eigenvalue weighted by molar-refractivity contribution is -0.138. The number of hydrogen-bond acceptors (Lipinski definition) is 4. The maximum atomic E-state index is 12.5. The van der Waals surface area contributed by atoms with Gasteiger partial charge in [0.25, 0.3) is 5.91 Å². The van der Waals surface area contributed by atoms with Crippen LogP contribution in [-0.2, 0) is 15.7 Å². The molecule has 1 heterocycles. The highest BCUT2D eigenvalue weighted by molar-refractivity contribution is 5.77. The molecular weight excluding hydrogens is 289 g/mol. The SMILES string of the molecule is Nc1cc(OCC(=O)N2CCOCC2)ccc1C(F)(F)F. The molecule has 1 aromatic carbocycles. The van der Waals surface area contributed by atoms with E-state index in [1.54, 1.807) is 4.90 Å². The number of anilines is 1. The van der Waals surface area contributed by atoms with Crippen LogP contribution in [0, 0.1) is 0 Å². The van der Waals surface area contributed by atoms with Crippen molar-refractivity contribution in [2.75, 3.05) is 38.6 Å². The fraction of sp³-hybridized carbons (Fsp3) is 0.462. The molecule has 1 aromatic rings. The lowest BCUT2D eigenvalue weighted by atomic mass is 10.1. The molecule has 8 heteroatoms. The first-order valence-electron chi connectivity index (χ1n) is 6.33. The summed E-state index contributed by atoms with van der Waals surface area (Å²) < 4.78 is 47.9. The zero-order valence-electron chi connectivity index (χ0n) is 11.2. The van der Waals surface area contributed by atoms with Crippen LogP contribution in [0.25, 0.3) is 0 Å². The first-order valence-corrected chi connectivity index (χ1v) is 6.33. The van der Waals surface area contributed by atoms with Gasteiger partial charge in [0, 0.05) is 24.8 Å². The third kappa shape index (κ3) is 4.01. The van der Waals surface area contributed by atoms with Gasteiger partial charge >= 0.3 is 6.18 Å². The Bertz CT molecular complexity index is 514. The number of benzene rings is 1. The molecule has 0 aliphatic carbocycles. The highest BCUT2D eigenvalue weighted by Crippen LogP contribution is 2.35. The molecule has 5 nitrogen and oxygen atoms in total. The summed E-state index contributed by atoms with van der Waals surface area (Å²) in [5.74, 6) is -0.112. The number of ether oxygens (including phenoxy) is 2. The number of hydrogen-bond donors (Lipinski definition) is 1. The number of alkyl halides is 3. The van der Waals surface area contributed by atoms with Gasteiger partial charge in [0.05, 0.1) is 18.8 Å². The number of carbonyl (C=O) groups excluding carboxylic acids is 1. The predicted octanol–water partition coefficient (Wildman–Crippen LogP) is 1.53. The van der Waals surface area contributed by atoms with Gasteiger partial charge in [-0.05, 0) is 12.1 Å². The second-order valence-electron chi connectivity index (χ2n) is 4.53. The Labute approximate surface area is 119 Å². The molecule has 0 atom stereocenters. The standard InChI is InChI=1S/C13H15F3N2O3/c14-13(15,16)10-2-1-9(7-11(10)17)21-8-12(19)18-3-5-20-6-4-18/h1-2,7H,3-6,8,17H2. The first-order chi connectivity index (χ1) is 9.88. The van der Waals surface area contributed by atoms with Crippen molar-refractivity contribution in [1.82, 2.24) is 4.90 Å². The molecule has 0 radical (unpaired) electrons. The molecule has 0 unspecified atom stereocenters. The van der Waals surface area contributed by atoms with Gasteiger partial charge in [0.2, 0.25) is 0 Å². The van der Waals surface area contributed by atoms with E-state index < -0.39 is 17.4 Å². The normalized spacial score (nSPS) is 15.9. The summed E-state index contributed by atoms with van der Waals surface area (Å²) in [6.45, 7) is 1.66. The number of carbonyl (C=O) groups is 1. The molecule has 1 saturated heterocycles. The summed E-state index contributed by atoms with van der Waals surface area (Å²) in [5, 5.41) is 0. The number of halogens is 3. The molecule has 0 bridgehead atoms. The molecule has 1 amide bonds. The van der Waals surface area contributed by atoms with Crippen LogP contribution in [0.1, 0.15) is 5.56 Å². The summed E-state index contributed by atoms with van der Waals surface area (Å²) in [4.78, 5) is 13.4. The lowest BCUT2D eigenvalue weighted by Gasteiger charge is -2.26. The maximum absolute atomic E-state index is 12.5. The minimum absolute atomic E-state index is 0.127. The van der Waals surface area contributed by atoms with Crippen LogP contribution in [0.4, 0.5) is 18.9 Å². The van der Waals surface area contributed by atoms with Crippen LogP contribution in [0.5, 0.6) is 5.75 Å². The minimum atomic E-state index is -4.51. The molecule has 1 aliphatic rings. The average Bonchev–Trinajstić information content (AvgIpc) is 2.44. The molecule has 0 saturated carbocycles. The Morgan fingerprint density at radius 3 is 2.57 bits per heavy atom. The minimum Gasteiger partial charge on any atom is -0.484 e. The van der Waals surface area contributed by atoms with Gasteiger partial charge in [-0.15, -0.1) is 0 Å². The van der Waals surface area contributed by atoms with Crippen molar-refractivity contribution in [3.8, 4) is 5.75 Å².